The van der Waals surface area contributed by atoms with Crippen molar-refractivity contribution in [1.29, 1.82) is 0 Å². The van der Waals surface area contributed by atoms with Gasteiger partial charge in [-0.1, -0.05) is 174 Å². The van der Waals surface area contributed by atoms with Gasteiger partial charge < -0.3 is 5.11 Å². The second kappa shape index (κ2) is 16.6. The molecule has 9 rings (SSSR count). The number of aromatic nitrogens is 3. The molecule has 0 radical (unpaired) electrons. The van der Waals surface area contributed by atoms with Gasteiger partial charge in [0, 0.05) is 38.5 Å². The number of aromatic hydroxyl groups is 1. The molecule has 0 aliphatic heterocycles. The van der Waals surface area contributed by atoms with Crippen molar-refractivity contribution in [2.24, 2.45) is 0 Å². The monoisotopic (exact) mass is 981 g/mol. The average molecular weight is 982 g/mol. The first-order chi connectivity index (χ1) is 32.3. The zero-order valence-corrected chi connectivity index (χ0v) is 37.0. The van der Waals surface area contributed by atoms with E-state index in [4.69, 9.17) is 14.6 Å². The first-order valence-corrected chi connectivity index (χ1v) is 20.0. The third-order valence-electron chi connectivity index (χ3n) is 10.8. The summed E-state index contributed by atoms with van der Waals surface area (Å²) in [7, 11) is 0. The van der Waals surface area contributed by atoms with Crippen LogP contribution in [0, 0.1) is 6.07 Å². The molecule has 0 atom stereocenters. The molecule has 7 aromatic carbocycles. The average Bonchev–Trinajstić information content (AvgIpc) is 3.71. The third-order valence-corrected chi connectivity index (χ3v) is 10.8. The van der Waals surface area contributed by atoms with Gasteiger partial charge in [-0.25, -0.2) is 4.98 Å². The maximum atomic E-state index is 11.6. The number of nitrogens with zero attached hydrogens (tertiary/aromatic N) is 3. The molecule has 0 bridgehead atoms. The molecule has 0 aliphatic carbocycles. The van der Waals surface area contributed by atoms with Gasteiger partial charge >= 0.3 is 0 Å². The molecule has 5 heteroatoms. The summed E-state index contributed by atoms with van der Waals surface area (Å²) >= 11 is 0. The summed E-state index contributed by atoms with van der Waals surface area (Å²) in [6.07, 6.45) is -0.524. The Balaban J connectivity index is 0.00000642. The molecule has 0 amide bonds. The van der Waals surface area contributed by atoms with Crippen molar-refractivity contribution in [1.82, 2.24) is 14.5 Å². The van der Waals surface area contributed by atoms with E-state index >= 15 is 0 Å². The molecule has 304 valence electrons. The number of benzene rings is 7. The minimum atomic E-state index is -0.610. The van der Waals surface area contributed by atoms with E-state index in [2.05, 4.69) is 72.8 Å². The van der Waals surface area contributed by atoms with Gasteiger partial charge in [-0.3, -0.25) is 9.55 Å². The molecule has 2 heterocycles. The molecule has 0 saturated carbocycles. The van der Waals surface area contributed by atoms with Gasteiger partial charge in [-0.15, -0.1) is 29.3 Å². The van der Waals surface area contributed by atoms with E-state index in [1.54, 1.807) is 12.1 Å². The second-order valence-electron chi connectivity index (χ2n) is 17.0. The number of pyridine rings is 1. The molecule has 0 spiro atoms. The van der Waals surface area contributed by atoms with Crippen molar-refractivity contribution in [2.75, 3.05) is 0 Å². The quantitative estimate of drug-likeness (QED) is 0.162. The normalized spacial score (nSPS) is 13.5. The first kappa shape index (κ1) is 32.4. The Kier molecular flexibility index (Phi) is 8.82. The Bertz CT molecular complexity index is 3440. The van der Waals surface area contributed by atoms with Crippen molar-refractivity contribution in [3.05, 3.63) is 193 Å². The molecular formula is C56H48N3OPt-. The third kappa shape index (κ3) is 8.13. The Morgan fingerprint density at radius 2 is 1.23 bits per heavy atom. The SMILES string of the molecule is [2H]c1nc(-c2[c-]c(-c3cccc4c3nc(-c3ccccc3O)n4-c3cc(-c4ccccc4)c(C(C)(C)C)cc3-c3ccccc3)cc(C(C)(C)C)c2)c([2H])c(-c2c([2H])c([2H])c([2H])c([2H])c2[2H])c1[2H].[Pt]. The van der Waals surface area contributed by atoms with Crippen LogP contribution in [0.4, 0.5) is 0 Å². The Hall–Kier alpha value is -6.35. The van der Waals surface area contributed by atoms with Gasteiger partial charge in [0.1, 0.15) is 11.6 Å². The van der Waals surface area contributed by atoms with Gasteiger partial charge in [0.05, 0.1) is 33.3 Å². The summed E-state index contributed by atoms with van der Waals surface area (Å²) in [6, 6.07) is 41.6. The molecule has 0 fully saturated rings. The summed E-state index contributed by atoms with van der Waals surface area (Å²) in [5.74, 6) is 0.554. The van der Waals surface area contributed by atoms with E-state index < -0.39 is 47.8 Å². The van der Waals surface area contributed by atoms with Crippen LogP contribution in [-0.4, -0.2) is 19.6 Å². The molecular weight excluding hydrogens is 926 g/mol. The Morgan fingerprint density at radius 3 is 1.90 bits per heavy atom. The largest absolute Gasteiger partial charge is 0.507 e. The fraction of sp³-hybridized carbons (Fsp3) is 0.143. The zero-order valence-electron chi connectivity index (χ0n) is 42.7. The van der Waals surface area contributed by atoms with Crippen molar-refractivity contribution >= 4 is 11.0 Å². The second-order valence-corrected chi connectivity index (χ2v) is 17.0. The number of imidazole rings is 1. The van der Waals surface area contributed by atoms with Crippen LogP contribution in [0.2, 0.25) is 0 Å². The van der Waals surface area contributed by atoms with Crippen LogP contribution < -0.4 is 0 Å². The van der Waals surface area contributed by atoms with Crippen molar-refractivity contribution < 1.29 is 37.1 Å². The molecule has 9 aromatic rings. The molecule has 0 unspecified atom stereocenters. The van der Waals surface area contributed by atoms with Crippen LogP contribution >= 0.6 is 0 Å². The first-order valence-electron chi connectivity index (χ1n) is 24.0. The van der Waals surface area contributed by atoms with E-state index in [-0.39, 0.29) is 55.1 Å². The number of phenolic OH excluding ortho intramolecular Hbond substituents is 1. The van der Waals surface area contributed by atoms with Crippen LogP contribution in [0.15, 0.2) is 176 Å². The fourth-order valence-corrected chi connectivity index (χ4v) is 7.72. The number of rotatable bonds is 7. The molecule has 4 nitrogen and oxygen atoms in total. The number of hydrogen-bond acceptors (Lipinski definition) is 3. The van der Waals surface area contributed by atoms with Crippen LogP contribution in [-0.2, 0) is 31.9 Å². The minimum absolute atomic E-state index is 0. The number of phenols is 1. The van der Waals surface area contributed by atoms with E-state index in [9.17, 15) is 6.48 Å². The topological polar surface area (TPSA) is 50.9 Å². The molecule has 2 aromatic heterocycles. The standard InChI is InChI=1S/C56H48N3O.Pt/c1-55(2,3)43-32-41(31-42(33-43)49-34-40(29-30-57-49)37-19-10-7-11-20-37)44-26-18-27-50-53(44)58-54(45-25-16-17-28-52(45)60)59(50)51-36-46(38-21-12-8-13-22-38)48(56(4,5)6)35-47(51)39-23-14-9-15-24-39;/h7-30,32-36,60H,1-6H3;/q-1;/i7D,10D,11D,19D,20D,29D,30D,34D;. The molecule has 0 saturated heterocycles. The van der Waals surface area contributed by atoms with Gasteiger partial charge in [0.15, 0.2) is 0 Å². The van der Waals surface area contributed by atoms with Crippen LogP contribution in [0.5, 0.6) is 5.75 Å². The van der Waals surface area contributed by atoms with E-state index in [1.807, 2.05) is 99.6 Å². The van der Waals surface area contributed by atoms with Crippen LogP contribution in [0.3, 0.4) is 0 Å². The number of fused-ring (bicyclic) bond motifs is 1. The van der Waals surface area contributed by atoms with Gasteiger partial charge in [-0.2, -0.15) is 0 Å². The van der Waals surface area contributed by atoms with E-state index in [1.165, 1.54) is 0 Å². The Morgan fingerprint density at radius 1 is 0.590 bits per heavy atom. The van der Waals surface area contributed by atoms with Crippen molar-refractivity contribution in [3.63, 3.8) is 0 Å². The maximum absolute atomic E-state index is 11.6. The molecule has 61 heavy (non-hydrogen) atoms. The fourth-order valence-electron chi connectivity index (χ4n) is 7.72. The summed E-state index contributed by atoms with van der Waals surface area (Å²) in [5, 5.41) is 11.6. The van der Waals surface area contributed by atoms with Gasteiger partial charge in [-0.05, 0) is 80.6 Å². The summed E-state index contributed by atoms with van der Waals surface area (Å²) < 4.78 is 71.5. The van der Waals surface area contributed by atoms with Gasteiger partial charge in [0.25, 0.3) is 0 Å². The van der Waals surface area contributed by atoms with E-state index in [0.717, 1.165) is 44.6 Å². The summed E-state index contributed by atoms with van der Waals surface area (Å²) in [5.41, 5.74) is 8.99. The smallest absolute Gasteiger partial charge is 0.148 e. The maximum Gasteiger partial charge on any atom is 0.148 e. The minimum Gasteiger partial charge on any atom is -0.507 e. The van der Waals surface area contributed by atoms with Crippen molar-refractivity contribution in [2.45, 2.75) is 52.4 Å². The number of hydrogen-bond donors (Lipinski definition) is 1. The van der Waals surface area contributed by atoms with Gasteiger partial charge in [0.2, 0.25) is 0 Å². The summed E-state index contributed by atoms with van der Waals surface area (Å²) in [6.45, 7) is 12.8. The van der Waals surface area contributed by atoms with E-state index in [0.29, 0.717) is 33.6 Å². The predicted molar refractivity (Wildman–Crippen MR) is 249 cm³/mol. The molecule has 1 N–H and O–H groups in total. The number of para-hydroxylation sites is 2. The molecule has 0 aliphatic rings. The van der Waals surface area contributed by atoms with Crippen LogP contribution in [0.1, 0.15) is 63.6 Å². The Labute approximate surface area is 385 Å². The summed E-state index contributed by atoms with van der Waals surface area (Å²) in [4.78, 5) is 9.86. The predicted octanol–water partition coefficient (Wildman–Crippen LogP) is 14.5. The van der Waals surface area contributed by atoms with Crippen molar-refractivity contribution in [3.8, 4) is 78.6 Å². The zero-order chi connectivity index (χ0) is 48.6. The van der Waals surface area contributed by atoms with Crippen LogP contribution in [0.25, 0.3) is 83.9 Å².